The zero-order chi connectivity index (χ0) is 25.9. The maximum atomic E-state index is 13.1. The van der Waals surface area contributed by atoms with Crippen LogP contribution in [0.1, 0.15) is 22.3 Å². The molecule has 0 aliphatic rings. The molecule has 2 aromatic carbocycles. The molecule has 2 aromatic heterocycles. The SMILES string of the molecule is C=C(c1cncnc1)n1ccc(OCc2ccc(Oc3ccc(Cl)c(C(F)(F)F)c3)c(C)c2)nc1=N. The highest BCUT2D eigenvalue weighted by Crippen LogP contribution is 2.38. The standard InChI is InChI=1S/C25H19ClF3N5O2/c1-15-9-17(3-6-22(15)36-19-4-5-21(26)20(10-19)25(27,28)29)13-35-23-7-8-34(24(30)33-23)16(2)18-11-31-14-32-12-18/h3-12,14,30H,2,13H2,1H3. The lowest BCUT2D eigenvalue weighted by Crippen LogP contribution is -2.22. The van der Waals surface area contributed by atoms with E-state index in [1.807, 2.05) is 0 Å². The maximum absolute atomic E-state index is 13.1. The van der Waals surface area contributed by atoms with E-state index in [9.17, 15) is 13.2 Å². The zero-order valence-corrected chi connectivity index (χ0v) is 19.6. The molecule has 0 radical (unpaired) electrons. The molecule has 0 amide bonds. The van der Waals surface area contributed by atoms with Crippen molar-refractivity contribution in [2.24, 2.45) is 0 Å². The van der Waals surface area contributed by atoms with Crippen LogP contribution in [0.2, 0.25) is 5.02 Å². The molecule has 0 saturated carbocycles. The third-order valence-electron chi connectivity index (χ3n) is 5.09. The summed E-state index contributed by atoms with van der Waals surface area (Å²) in [6, 6.07) is 10.2. The van der Waals surface area contributed by atoms with Gasteiger partial charge in [0.2, 0.25) is 11.5 Å². The van der Waals surface area contributed by atoms with Crippen LogP contribution in [0.25, 0.3) is 5.70 Å². The summed E-state index contributed by atoms with van der Waals surface area (Å²) in [5.74, 6) is 0.657. The number of rotatable bonds is 7. The van der Waals surface area contributed by atoms with Gasteiger partial charge in [0, 0.05) is 30.2 Å². The second-order valence-electron chi connectivity index (χ2n) is 7.66. The number of benzene rings is 2. The van der Waals surface area contributed by atoms with Gasteiger partial charge in [-0.2, -0.15) is 18.2 Å². The molecule has 2 heterocycles. The topological polar surface area (TPSA) is 85.9 Å². The number of nitrogens with one attached hydrogen (secondary N) is 1. The second kappa shape index (κ2) is 10.2. The monoisotopic (exact) mass is 513 g/mol. The van der Waals surface area contributed by atoms with Gasteiger partial charge in [-0.25, -0.2) is 9.97 Å². The number of alkyl halides is 3. The molecule has 0 aliphatic carbocycles. The van der Waals surface area contributed by atoms with Crippen LogP contribution < -0.4 is 15.1 Å². The predicted molar refractivity (Wildman–Crippen MR) is 127 cm³/mol. The second-order valence-corrected chi connectivity index (χ2v) is 8.07. The Bertz CT molecular complexity index is 1470. The Balaban J connectivity index is 1.43. The smallest absolute Gasteiger partial charge is 0.417 e. The number of nitrogens with zero attached hydrogens (tertiary/aromatic N) is 4. The first-order chi connectivity index (χ1) is 17.1. The highest BCUT2D eigenvalue weighted by atomic mass is 35.5. The van der Waals surface area contributed by atoms with Gasteiger partial charge in [-0.3, -0.25) is 9.98 Å². The number of aryl methyl sites for hydroxylation is 1. The summed E-state index contributed by atoms with van der Waals surface area (Å²) in [7, 11) is 0. The van der Waals surface area contributed by atoms with E-state index in [4.69, 9.17) is 26.5 Å². The van der Waals surface area contributed by atoms with Gasteiger partial charge >= 0.3 is 6.18 Å². The van der Waals surface area contributed by atoms with Gasteiger partial charge in [0.25, 0.3) is 0 Å². The molecule has 11 heteroatoms. The summed E-state index contributed by atoms with van der Waals surface area (Å²) in [5.41, 5.74) is 1.58. The molecule has 184 valence electrons. The minimum absolute atomic E-state index is 0.0206. The molecule has 4 aromatic rings. The van der Waals surface area contributed by atoms with Crippen LogP contribution in [0.5, 0.6) is 17.4 Å². The van der Waals surface area contributed by atoms with Gasteiger partial charge in [-0.1, -0.05) is 24.2 Å². The molecule has 7 nitrogen and oxygen atoms in total. The molecular formula is C25H19ClF3N5O2. The first kappa shape index (κ1) is 24.9. The molecule has 1 N–H and O–H groups in total. The normalized spacial score (nSPS) is 11.2. The molecule has 4 rings (SSSR count). The van der Waals surface area contributed by atoms with E-state index >= 15 is 0 Å². The van der Waals surface area contributed by atoms with Gasteiger partial charge in [0.05, 0.1) is 16.3 Å². The Morgan fingerprint density at radius 3 is 2.53 bits per heavy atom. The molecule has 0 unspecified atom stereocenters. The molecule has 0 saturated heterocycles. The average Bonchev–Trinajstić information content (AvgIpc) is 2.85. The Morgan fingerprint density at radius 1 is 1.11 bits per heavy atom. The van der Waals surface area contributed by atoms with Crippen LogP contribution in [0, 0.1) is 12.3 Å². The van der Waals surface area contributed by atoms with Crippen molar-refractivity contribution in [3.05, 3.63) is 107 Å². The summed E-state index contributed by atoms with van der Waals surface area (Å²) in [4.78, 5) is 12.0. The van der Waals surface area contributed by atoms with Crippen LogP contribution in [0.15, 0.2) is 74.0 Å². The predicted octanol–water partition coefficient (Wildman–Crippen LogP) is 6.02. The fourth-order valence-electron chi connectivity index (χ4n) is 3.27. The van der Waals surface area contributed by atoms with Crippen molar-refractivity contribution in [3.63, 3.8) is 0 Å². The van der Waals surface area contributed by atoms with Crippen molar-refractivity contribution >= 4 is 17.3 Å². The van der Waals surface area contributed by atoms with Gasteiger partial charge in [0.1, 0.15) is 24.4 Å². The van der Waals surface area contributed by atoms with Crippen molar-refractivity contribution in [1.82, 2.24) is 19.5 Å². The van der Waals surface area contributed by atoms with Gasteiger partial charge < -0.3 is 9.47 Å². The summed E-state index contributed by atoms with van der Waals surface area (Å²) in [6.07, 6.45) is 1.61. The van der Waals surface area contributed by atoms with E-state index in [-0.39, 0.29) is 23.9 Å². The Kier molecular flexibility index (Phi) is 7.07. The van der Waals surface area contributed by atoms with Crippen LogP contribution in [0.4, 0.5) is 13.2 Å². The molecule has 0 atom stereocenters. The Hall–Kier alpha value is -4.18. The molecule has 0 aliphatic heterocycles. The van der Waals surface area contributed by atoms with E-state index in [0.29, 0.717) is 22.6 Å². The number of hydrogen-bond donors (Lipinski definition) is 1. The first-order valence-corrected chi connectivity index (χ1v) is 10.9. The highest BCUT2D eigenvalue weighted by Gasteiger charge is 2.33. The van der Waals surface area contributed by atoms with Gasteiger partial charge in [0.15, 0.2) is 0 Å². The Labute approximate surface area is 209 Å². The quantitative estimate of drug-likeness (QED) is 0.326. The summed E-state index contributed by atoms with van der Waals surface area (Å²) < 4.78 is 52.2. The minimum atomic E-state index is -4.58. The lowest BCUT2D eigenvalue weighted by Gasteiger charge is -2.14. The van der Waals surface area contributed by atoms with Crippen molar-refractivity contribution in [2.45, 2.75) is 19.7 Å². The van der Waals surface area contributed by atoms with E-state index < -0.39 is 16.8 Å². The molecule has 0 spiro atoms. The van der Waals surface area contributed by atoms with Gasteiger partial charge in [-0.15, -0.1) is 0 Å². The van der Waals surface area contributed by atoms with Crippen LogP contribution >= 0.6 is 11.6 Å². The third kappa shape index (κ3) is 5.72. The summed E-state index contributed by atoms with van der Waals surface area (Å²) in [5, 5.41) is 7.79. The number of aromatic nitrogens is 4. The van der Waals surface area contributed by atoms with Gasteiger partial charge in [-0.05, 0) is 48.4 Å². The largest absolute Gasteiger partial charge is 0.473 e. The Morgan fingerprint density at radius 2 is 1.86 bits per heavy atom. The molecular weight excluding hydrogens is 495 g/mol. The third-order valence-corrected chi connectivity index (χ3v) is 5.42. The molecule has 0 bridgehead atoms. The van der Waals surface area contributed by atoms with Crippen molar-refractivity contribution in [1.29, 1.82) is 5.41 Å². The van der Waals surface area contributed by atoms with E-state index in [0.717, 1.165) is 17.7 Å². The lowest BCUT2D eigenvalue weighted by molar-refractivity contribution is -0.137. The van der Waals surface area contributed by atoms with Crippen LogP contribution in [-0.2, 0) is 12.8 Å². The van der Waals surface area contributed by atoms with E-state index in [1.54, 1.807) is 49.8 Å². The average molecular weight is 514 g/mol. The minimum Gasteiger partial charge on any atom is -0.473 e. The summed E-state index contributed by atoms with van der Waals surface area (Å²) in [6.45, 7) is 5.88. The zero-order valence-electron chi connectivity index (χ0n) is 18.9. The fraction of sp³-hybridized carbons (Fsp3) is 0.120. The number of halogens is 4. The number of hydrogen-bond acceptors (Lipinski definition) is 6. The number of ether oxygens (including phenoxy) is 2. The highest BCUT2D eigenvalue weighted by molar-refractivity contribution is 6.31. The molecule has 0 fully saturated rings. The summed E-state index contributed by atoms with van der Waals surface area (Å²) >= 11 is 5.67. The lowest BCUT2D eigenvalue weighted by atomic mass is 10.1. The molecule has 36 heavy (non-hydrogen) atoms. The van der Waals surface area contributed by atoms with Crippen molar-refractivity contribution in [2.75, 3.05) is 0 Å². The maximum Gasteiger partial charge on any atom is 0.417 e. The van der Waals surface area contributed by atoms with E-state index in [1.165, 1.54) is 17.0 Å². The van der Waals surface area contributed by atoms with Crippen LogP contribution in [0.3, 0.4) is 0 Å². The van der Waals surface area contributed by atoms with Crippen molar-refractivity contribution in [3.8, 4) is 17.4 Å². The van der Waals surface area contributed by atoms with Crippen molar-refractivity contribution < 1.29 is 22.6 Å². The first-order valence-electron chi connectivity index (χ1n) is 10.5. The fourth-order valence-corrected chi connectivity index (χ4v) is 3.50. The van der Waals surface area contributed by atoms with E-state index in [2.05, 4.69) is 21.5 Å². The van der Waals surface area contributed by atoms with Crippen LogP contribution in [-0.4, -0.2) is 19.5 Å².